The van der Waals surface area contributed by atoms with Crippen molar-refractivity contribution in [1.82, 2.24) is 0 Å². The zero-order valence-electron chi connectivity index (χ0n) is 13.9. The molecule has 3 nitrogen and oxygen atoms in total. The van der Waals surface area contributed by atoms with Crippen LogP contribution in [0.1, 0.15) is 26.7 Å². The van der Waals surface area contributed by atoms with Gasteiger partial charge in [0.05, 0.1) is 12.7 Å². The molecule has 0 fully saturated rings. The molecular formula is C20H22NO2+. The number of rotatable bonds is 5. The molecule has 0 bridgehead atoms. The topological polar surface area (TPSA) is 26.2 Å². The lowest BCUT2D eigenvalue weighted by atomic mass is 10.1. The van der Waals surface area contributed by atoms with E-state index in [2.05, 4.69) is 47.9 Å². The Hall–Kier alpha value is -2.55. The Labute approximate surface area is 136 Å². The highest BCUT2D eigenvalue weighted by Gasteiger charge is 2.20. The molecule has 0 spiro atoms. The van der Waals surface area contributed by atoms with Gasteiger partial charge in [-0.2, -0.15) is 4.57 Å². The number of allylic oxidation sites excluding steroid dienone is 1. The molecule has 3 heteroatoms. The second kappa shape index (κ2) is 6.69. The first-order chi connectivity index (χ1) is 11.2. The quantitative estimate of drug-likeness (QED) is 0.499. The molecule has 0 aliphatic heterocycles. The maximum absolute atomic E-state index is 6.00. The second-order valence-corrected chi connectivity index (χ2v) is 5.42. The van der Waals surface area contributed by atoms with E-state index >= 15 is 0 Å². The van der Waals surface area contributed by atoms with Crippen molar-refractivity contribution in [3.05, 3.63) is 60.2 Å². The molecule has 0 aliphatic rings. The molecule has 0 unspecified atom stereocenters. The molecule has 3 aromatic rings. The van der Waals surface area contributed by atoms with Crippen molar-refractivity contribution in [1.29, 1.82) is 0 Å². The minimum atomic E-state index is 0.660. The lowest BCUT2D eigenvalue weighted by molar-refractivity contribution is -0.674. The van der Waals surface area contributed by atoms with Gasteiger partial charge in [-0.15, -0.1) is 0 Å². The minimum Gasteiger partial charge on any atom is -0.498 e. The summed E-state index contributed by atoms with van der Waals surface area (Å²) in [5, 5.41) is 0. The minimum absolute atomic E-state index is 0.660. The van der Waals surface area contributed by atoms with E-state index in [0.29, 0.717) is 6.61 Å². The molecule has 1 heterocycles. The fourth-order valence-electron chi connectivity index (χ4n) is 2.79. The van der Waals surface area contributed by atoms with Crippen LogP contribution in [0.15, 0.2) is 58.7 Å². The van der Waals surface area contributed by atoms with Gasteiger partial charge in [0.25, 0.3) is 5.52 Å². The summed E-state index contributed by atoms with van der Waals surface area (Å²) in [6.45, 7) is 7.56. The molecule has 2 aromatic carbocycles. The van der Waals surface area contributed by atoms with Crippen LogP contribution in [0.5, 0.6) is 0 Å². The molecule has 118 valence electrons. The zero-order valence-corrected chi connectivity index (χ0v) is 13.9. The fourth-order valence-corrected chi connectivity index (χ4v) is 2.79. The monoisotopic (exact) mass is 308 g/mol. The summed E-state index contributed by atoms with van der Waals surface area (Å²) in [6.07, 6.45) is 1.95. The standard InChI is InChI=1S/C20H22NO2/c1-4-21-18-14-17(16-9-7-6-8-10-16)11-12-19(18)23-20(21)13-15(3)22-5-2/h6-14H,4-5H2,1-3H3/q+1. The Morgan fingerprint density at radius 2 is 1.87 bits per heavy atom. The van der Waals surface area contributed by atoms with Crippen LogP contribution in [0.3, 0.4) is 0 Å². The molecule has 23 heavy (non-hydrogen) atoms. The Kier molecular flexibility index (Phi) is 4.47. The number of hydrogen-bond donors (Lipinski definition) is 0. The van der Waals surface area contributed by atoms with E-state index in [1.54, 1.807) is 0 Å². The number of aryl methyl sites for hydroxylation is 1. The zero-order chi connectivity index (χ0) is 16.2. The molecular weight excluding hydrogens is 286 g/mol. The molecule has 0 radical (unpaired) electrons. The van der Waals surface area contributed by atoms with E-state index in [-0.39, 0.29) is 0 Å². The number of nitrogens with zero attached hydrogens (tertiary/aromatic N) is 1. The van der Waals surface area contributed by atoms with Crippen molar-refractivity contribution in [2.75, 3.05) is 6.61 Å². The predicted molar refractivity (Wildman–Crippen MR) is 92.8 cm³/mol. The van der Waals surface area contributed by atoms with Gasteiger partial charge in [0.2, 0.25) is 5.58 Å². The number of ether oxygens (including phenoxy) is 1. The highest BCUT2D eigenvalue weighted by Crippen LogP contribution is 2.24. The van der Waals surface area contributed by atoms with Crippen LogP contribution in [-0.4, -0.2) is 6.61 Å². The molecule has 0 N–H and O–H groups in total. The van der Waals surface area contributed by atoms with Gasteiger partial charge < -0.3 is 9.15 Å². The van der Waals surface area contributed by atoms with Gasteiger partial charge in [-0.3, -0.25) is 0 Å². The molecule has 0 aliphatic carbocycles. The third-order valence-electron chi connectivity index (χ3n) is 3.85. The van der Waals surface area contributed by atoms with Crippen LogP contribution in [0, 0.1) is 0 Å². The van der Waals surface area contributed by atoms with Crippen LogP contribution in [0.2, 0.25) is 0 Å². The van der Waals surface area contributed by atoms with E-state index in [1.165, 1.54) is 11.1 Å². The second-order valence-electron chi connectivity index (χ2n) is 5.42. The normalized spacial score (nSPS) is 11.9. The lowest BCUT2D eigenvalue weighted by Gasteiger charge is -2.00. The number of oxazole rings is 1. The molecule has 0 amide bonds. The van der Waals surface area contributed by atoms with Crippen LogP contribution in [0.25, 0.3) is 28.3 Å². The van der Waals surface area contributed by atoms with E-state index < -0.39 is 0 Å². The van der Waals surface area contributed by atoms with Crippen molar-refractivity contribution in [2.24, 2.45) is 0 Å². The van der Waals surface area contributed by atoms with E-state index in [0.717, 1.165) is 29.3 Å². The molecule has 3 rings (SSSR count). The van der Waals surface area contributed by atoms with Crippen LogP contribution >= 0.6 is 0 Å². The Bertz CT molecular complexity index is 831. The molecule has 1 aromatic heterocycles. The van der Waals surface area contributed by atoms with Crippen LogP contribution in [-0.2, 0) is 11.3 Å². The third-order valence-corrected chi connectivity index (χ3v) is 3.85. The molecule has 0 saturated carbocycles. The van der Waals surface area contributed by atoms with Crippen molar-refractivity contribution in [3.63, 3.8) is 0 Å². The highest BCUT2D eigenvalue weighted by molar-refractivity contribution is 5.78. The van der Waals surface area contributed by atoms with E-state index in [1.807, 2.05) is 32.1 Å². The number of fused-ring (bicyclic) bond motifs is 1. The van der Waals surface area contributed by atoms with Gasteiger partial charge in [-0.1, -0.05) is 36.4 Å². The van der Waals surface area contributed by atoms with Gasteiger partial charge in [0, 0.05) is 6.07 Å². The first kappa shape index (κ1) is 15.3. The van der Waals surface area contributed by atoms with Crippen molar-refractivity contribution >= 4 is 17.2 Å². The van der Waals surface area contributed by atoms with Gasteiger partial charge in [0.1, 0.15) is 12.3 Å². The average Bonchev–Trinajstić information content (AvgIpc) is 2.91. The number of hydrogen-bond acceptors (Lipinski definition) is 2. The third kappa shape index (κ3) is 3.14. The smallest absolute Gasteiger partial charge is 0.377 e. The summed E-state index contributed by atoms with van der Waals surface area (Å²) >= 11 is 0. The molecule has 0 atom stereocenters. The first-order valence-electron chi connectivity index (χ1n) is 8.05. The van der Waals surface area contributed by atoms with E-state index in [4.69, 9.17) is 9.15 Å². The predicted octanol–water partition coefficient (Wildman–Crippen LogP) is 4.80. The van der Waals surface area contributed by atoms with Gasteiger partial charge in [-0.05, 0) is 38.0 Å². The van der Waals surface area contributed by atoms with Crippen LogP contribution < -0.4 is 4.57 Å². The van der Waals surface area contributed by atoms with Gasteiger partial charge in [-0.25, -0.2) is 0 Å². The molecule has 0 saturated heterocycles. The van der Waals surface area contributed by atoms with Crippen molar-refractivity contribution in [2.45, 2.75) is 27.3 Å². The summed E-state index contributed by atoms with van der Waals surface area (Å²) in [6, 6.07) is 16.7. The SMILES string of the molecule is CCOC(C)=Cc1oc2ccc(-c3ccccc3)cc2[n+]1CC. The van der Waals surface area contributed by atoms with Gasteiger partial charge >= 0.3 is 5.89 Å². The van der Waals surface area contributed by atoms with Crippen molar-refractivity contribution in [3.8, 4) is 11.1 Å². The largest absolute Gasteiger partial charge is 0.498 e. The summed E-state index contributed by atoms with van der Waals surface area (Å²) in [7, 11) is 0. The lowest BCUT2D eigenvalue weighted by Crippen LogP contribution is -2.33. The Morgan fingerprint density at radius 1 is 1.09 bits per heavy atom. The van der Waals surface area contributed by atoms with Crippen LogP contribution in [0.4, 0.5) is 0 Å². The Morgan fingerprint density at radius 3 is 2.57 bits per heavy atom. The number of aromatic nitrogens is 1. The summed E-state index contributed by atoms with van der Waals surface area (Å²) in [5.74, 6) is 1.68. The van der Waals surface area contributed by atoms with Gasteiger partial charge in [0.15, 0.2) is 0 Å². The summed E-state index contributed by atoms with van der Waals surface area (Å²) in [5.41, 5.74) is 4.39. The highest BCUT2D eigenvalue weighted by atomic mass is 16.5. The summed E-state index contributed by atoms with van der Waals surface area (Å²) < 4.78 is 13.7. The van der Waals surface area contributed by atoms with Crippen molar-refractivity contribution < 1.29 is 13.7 Å². The number of benzene rings is 2. The average molecular weight is 308 g/mol. The first-order valence-corrected chi connectivity index (χ1v) is 8.05. The van der Waals surface area contributed by atoms with E-state index in [9.17, 15) is 0 Å². The Balaban J connectivity index is 2.10. The maximum atomic E-state index is 6.00. The maximum Gasteiger partial charge on any atom is 0.377 e. The fraction of sp³-hybridized carbons (Fsp3) is 0.250. The summed E-state index contributed by atoms with van der Waals surface area (Å²) in [4.78, 5) is 0.